The Hall–Kier alpha value is -1.52. The Bertz CT molecular complexity index is 634. The lowest BCUT2D eigenvalue weighted by Gasteiger charge is -2.34. The van der Waals surface area contributed by atoms with Gasteiger partial charge in [0.25, 0.3) is 0 Å². The summed E-state index contributed by atoms with van der Waals surface area (Å²) >= 11 is 5.80. The highest BCUT2D eigenvalue weighted by Crippen LogP contribution is 2.53. The van der Waals surface area contributed by atoms with Crippen LogP contribution in [0, 0.1) is 29.0 Å². The number of nitrogens with zero attached hydrogens (tertiary/aromatic N) is 2. The SMILES string of the molecule is N#Cc1c(F)cc(N2CC3CC3C2C(O)C(F)(F)F)cc1Cl. The van der Waals surface area contributed by atoms with E-state index in [1.54, 1.807) is 6.07 Å². The first-order chi connectivity index (χ1) is 10.2. The highest BCUT2D eigenvalue weighted by atomic mass is 35.5. The van der Waals surface area contributed by atoms with Gasteiger partial charge in [0.05, 0.1) is 11.1 Å². The van der Waals surface area contributed by atoms with Gasteiger partial charge in [-0.05, 0) is 30.4 Å². The summed E-state index contributed by atoms with van der Waals surface area (Å²) in [6.07, 6.45) is -6.61. The van der Waals surface area contributed by atoms with Crippen molar-refractivity contribution in [2.24, 2.45) is 11.8 Å². The molecule has 3 nitrogen and oxygen atoms in total. The molecule has 2 fully saturated rings. The topological polar surface area (TPSA) is 47.3 Å². The van der Waals surface area contributed by atoms with Gasteiger partial charge >= 0.3 is 6.18 Å². The summed E-state index contributed by atoms with van der Waals surface area (Å²) in [6.45, 7) is 0.310. The first-order valence-corrected chi connectivity index (χ1v) is 7.02. The van der Waals surface area contributed by atoms with Crippen molar-refractivity contribution in [3.63, 3.8) is 0 Å². The molecule has 1 aromatic carbocycles. The predicted octanol–water partition coefficient (Wildman–Crippen LogP) is 3.10. The molecule has 0 bridgehead atoms. The van der Waals surface area contributed by atoms with E-state index in [-0.39, 0.29) is 28.1 Å². The maximum Gasteiger partial charge on any atom is 0.416 e. The van der Waals surface area contributed by atoms with Crippen LogP contribution in [0.3, 0.4) is 0 Å². The fourth-order valence-electron chi connectivity index (χ4n) is 3.21. The molecule has 1 saturated heterocycles. The zero-order valence-corrected chi connectivity index (χ0v) is 11.9. The number of benzene rings is 1. The van der Waals surface area contributed by atoms with Crippen molar-refractivity contribution in [2.75, 3.05) is 11.4 Å². The van der Waals surface area contributed by atoms with E-state index in [4.69, 9.17) is 16.9 Å². The number of alkyl halides is 3. The van der Waals surface area contributed by atoms with Crippen LogP contribution in [-0.4, -0.2) is 30.0 Å². The van der Waals surface area contributed by atoms with Crippen LogP contribution in [0.5, 0.6) is 0 Å². The zero-order chi connectivity index (χ0) is 16.2. The van der Waals surface area contributed by atoms with Gasteiger partial charge in [0.1, 0.15) is 17.4 Å². The molecule has 1 aromatic rings. The maximum absolute atomic E-state index is 13.8. The second-order valence-electron chi connectivity index (χ2n) is 5.69. The van der Waals surface area contributed by atoms with Crippen molar-refractivity contribution in [2.45, 2.75) is 24.7 Å². The van der Waals surface area contributed by atoms with Gasteiger partial charge < -0.3 is 10.0 Å². The molecule has 1 aliphatic carbocycles. The average molecular weight is 335 g/mol. The van der Waals surface area contributed by atoms with Gasteiger partial charge in [-0.15, -0.1) is 0 Å². The number of nitriles is 1. The number of hydrogen-bond donors (Lipinski definition) is 1. The summed E-state index contributed by atoms with van der Waals surface area (Å²) in [5, 5.41) is 18.2. The van der Waals surface area contributed by atoms with Crippen molar-refractivity contribution in [1.82, 2.24) is 0 Å². The Labute approximate surface area is 128 Å². The van der Waals surface area contributed by atoms with Crippen molar-refractivity contribution in [1.29, 1.82) is 5.26 Å². The Morgan fingerprint density at radius 1 is 1.41 bits per heavy atom. The normalized spacial score (nSPS) is 28.2. The number of aliphatic hydroxyl groups excluding tert-OH is 1. The number of aliphatic hydroxyl groups is 1. The molecule has 0 radical (unpaired) electrons. The number of halogens is 5. The molecule has 118 valence electrons. The minimum atomic E-state index is -4.74. The molecule has 3 rings (SSSR count). The third-order valence-corrected chi connectivity index (χ3v) is 4.63. The van der Waals surface area contributed by atoms with Crippen LogP contribution < -0.4 is 4.90 Å². The van der Waals surface area contributed by atoms with Crippen molar-refractivity contribution >= 4 is 17.3 Å². The summed E-state index contributed by atoms with van der Waals surface area (Å²) in [7, 11) is 0. The summed E-state index contributed by atoms with van der Waals surface area (Å²) in [5.74, 6) is -1.07. The Morgan fingerprint density at radius 3 is 2.64 bits per heavy atom. The first-order valence-electron chi connectivity index (χ1n) is 6.64. The molecule has 0 amide bonds. The third-order valence-electron chi connectivity index (χ3n) is 4.34. The lowest BCUT2D eigenvalue weighted by Crippen LogP contribution is -2.49. The van der Waals surface area contributed by atoms with Gasteiger partial charge in [0.2, 0.25) is 0 Å². The van der Waals surface area contributed by atoms with Gasteiger partial charge in [-0.3, -0.25) is 0 Å². The monoisotopic (exact) mass is 334 g/mol. The lowest BCUT2D eigenvalue weighted by atomic mass is 10.0. The van der Waals surface area contributed by atoms with E-state index < -0.39 is 24.1 Å². The fourth-order valence-corrected chi connectivity index (χ4v) is 3.46. The van der Waals surface area contributed by atoms with Crippen LogP contribution in [0.4, 0.5) is 23.2 Å². The van der Waals surface area contributed by atoms with E-state index >= 15 is 0 Å². The molecule has 1 aliphatic heterocycles. The van der Waals surface area contributed by atoms with Gasteiger partial charge in [-0.2, -0.15) is 18.4 Å². The van der Waals surface area contributed by atoms with E-state index in [0.29, 0.717) is 13.0 Å². The minimum absolute atomic E-state index is 0.0690. The second kappa shape index (κ2) is 5.00. The Balaban J connectivity index is 1.96. The molecule has 0 aromatic heterocycles. The van der Waals surface area contributed by atoms with Crippen LogP contribution in [0.15, 0.2) is 12.1 Å². The summed E-state index contributed by atoms with van der Waals surface area (Å²) in [4.78, 5) is 1.34. The summed E-state index contributed by atoms with van der Waals surface area (Å²) < 4.78 is 52.3. The highest BCUT2D eigenvalue weighted by Gasteiger charge is 2.60. The predicted molar refractivity (Wildman–Crippen MR) is 70.9 cm³/mol. The summed E-state index contributed by atoms with van der Waals surface area (Å²) in [5.41, 5.74) is -0.190. The fraction of sp³-hybridized carbons (Fsp3) is 0.500. The molecule has 1 N–H and O–H groups in total. The van der Waals surface area contributed by atoms with Crippen molar-refractivity contribution in [3.8, 4) is 6.07 Å². The quantitative estimate of drug-likeness (QED) is 0.845. The molecule has 4 atom stereocenters. The van der Waals surface area contributed by atoms with Crippen LogP contribution in [0.1, 0.15) is 12.0 Å². The number of fused-ring (bicyclic) bond motifs is 1. The molecule has 0 spiro atoms. The Kier molecular flexibility index (Phi) is 3.49. The molecule has 2 aliphatic rings. The highest BCUT2D eigenvalue weighted by molar-refractivity contribution is 6.32. The molecular weight excluding hydrogens is 324 g/mol. The van der Waals surface area contributed by atoms with Crippen LogP contribution in [-0.2, 0) is 0 Å². The number of piperidine rings is 1. The van der Waals surface area contributed by atoms with Crippen molar-refractivity contribution < 1.29 is 22.7 Å². The summed E-state index contributed by atoms with van der Waals surface area (Å²) in [6, 6.07) is 2.72. The molecule has 8 heteroatoms. The van der Waals surface area contributed by atoms with Crippen molar-refractivity contribution in [3.05, 3.63) is 28.5 Å². The lowest BCUT2D eigenvalue weighted by molar-refractivity contribution is -0.210. The van der Waals surface area contributed by atoms with Gasteiger partial charge in [0, 0.05) is 12.2 Å². The van der Waals surface area contributed by atoms with Crippen LogP contribution >= 0.6 is 11.6 Å². The largest absolute Gasteiger partial charge is 0.416 e. The smallest absolute Gasteiger partial charge is 0.382 e. The zero-order valence-electron chi connectivity index (χ0n) is 11.1. The number of anilines is 1. The van der Waals surface area contributed by atoms with Gasteiger partial charge in [-0.1, -0.05) is 11.6 Å². The van der Waals surface area contributed by atoms with E-state index in [1.807, 2.05) is 0 Å². The molecule has 1 heterocycles. The second-order valence-corrected chi connectivity index (χ2v) is 6.09. The molecular formula is C14H11ClF4N2O. The molecule has 1 saturated carbocycles. The first kappa shape index (κ1) is 15.4. The van der Waals surface area contributed by atoms with Crippen LogP contribution in [0.2, 0.25) is 5.02 Å². The average Bonchev–Trinajstić information content (AvgIpc) is 3.07. The molecule has 4 unspecified atom stereocenters. The van der Waals surface area contributed by atoms with E-state index in [2.05, 4.69) is 0 Å². The van der Waals surface area contributed by atoms with E-state index in [9.17, 15) is 22.7 Å². The molecule has 22 heavy (non-hydrogen) atoms. The van der Waals surface area contributed by atoms with Gasteiger partial charge in [-0.25, -0.2) is 4.39 Å². The Morgan fingerprint density at radius 2 is 2.09 bits per heavy atom. The van der Waals surface area contributed by atoms with Gasteiger partial charge in [0.15, 0.2) is 6.10 Å². The standard InChI is InChI=1S/C14H11ClF4N2O/c15-10-2-7(3-11(16)9(10)4-20)21-5-6-1-8(6)12(21)13(22)14(17,18)19/h2-3,6,8,12-13,22H,1,5H2. The van der Waals surface area contributed by atoms with Crippen LogP contribution in [0.25, 0.3) is 0 Å². The maximum atomic E-state index is 13.8. The third kappa shape index (κ3) is 2.40. The number of rotatable bonds is 2. The van der Waals surface area contributed by atoms with E-state index in [1.165, 1.54) is 11.0 Å². The van der Waals surface area contributed by atoms with E-state index in [0.717, 1.165) is 6.07 Å². The minimum Gasteiger partial charge on any atom is -0.382 e. The number of hydrogen-bond acceptors (Lipinski definition) is 3.